The van der Waals surface area contributed by atoms with E-state index < -0.39 is 0 Å². The lowest BCUT2D eigenvalue weighted by Crippen LogP contribution is -2.43. The van der Waals surface area contributed by atoms with Crippen molar-refractivity contribution in [2.24, 2.45) is 0 Å². The summed E-state index contributed by atoms with van der Waals surface area (Å²) in [5, 5.41) is 0. The monoisotopic (exact) mass is 337 g/mol. The molecule has 0 radical (unpaired) electrons. The first-order chi connectivity index (χ1) is 12.2. The second-order valence-corrected chi connectivity index (χ2v) is 6.57. The molecule has 2 aromatic rings. The Labute approximate surface area is 150 Å². The van der Waals surface area contributed by atoms with E-state index in [1.807, 2.05) is 35.4 Å². The molecule has 0 saturated carbocycles. The van der Waals surface area contributed by atoms with Gasteiger partial charge in [0.2, 0.25) is 0 Å². The van der Waals surface area contributed by atoms with Crippen LogP contribution < -0.4 is 4.90 Å². The Kier molecular flexibility index (Phi) is 5.69. The number of rotatable bonds is 5. The average Bonchev–Trinajstić information content (AvgIpc) is 2.69. The van der Waals surface area contributed by atoms with Crippen molar-refractivity contribution in [2.45, 2.75) is 45.6 Å². The van der Waals surface area contributed by atoms with Gasteiger partial charge in [0.15, 0.2) is 0 Å². The number of piperidine rings is 1. The van der Waals surface area contributed by atoms with E-state index in [0.29, 0.717) is 11.6 Å². The van der Waals surface area contributed by atoms with Crippen molar-refractivity contribution < 1.29 is 4.79 Å². The van der Waals surface area contributed by atoms with Gasteiger partial charge in [-0.3, -0.25) is 9.78 Å². The summed E-state index contributed by atoms with van der Waals surface area (Å²) in [5.41, 5.74) is 2.76. The van der Waals surface area contributed by atoms with Gasteiger partial charge in [0.1, 0.15) is 0 Å². The summed E-state index contributed by atoms with van der Waals surface area (Å²) in [6.07, 6.45) is 7.98. The number of hydrogen-bond acceptors (Lipinski definition) is 3. The Morgan fingerprint density at radius 3 is 2.68 bits per heavy atom. The number of carbonyl (C=O) groups is 1. The molecule has 1 aliphatic heterocycles. The van der Waals surface area contributed by atoms with E-state index >= 15 is 0 Å². The molecule has 2 heterocycles. The third-order valence-electron chi connectivity index (χ3n) is 5.03. The highest BCUT2D eigenvalue weighted by atomic mass is 16.2. The Morgan fingerprint density at radius 1 is 1.16 bits per heavy atom. The number of carbonyl (C=O) groups excluding carboxylic acids is 1. The van der Waals surface area contributed by atoms with Gasteiger partial charge in [-0.05, 0) is 50.8 Å². The van der Waals surface area contributed by atoms with Crippen molar-refractivity contribution in [3.05, 3.63) is 54.4 Å². The summed E-state index contributed by atoms with van der Waals surface area (Å²) < 4.78 is 0. The molecule has 0 N–H and O–H groups in total. The number of anilines is 2. The van der Waals surface area contributed by atoms with Gasteiger partial charge in [0.25, 0.3) is 5.91 Å². The molecule has 1 unspecified atom stereocenters. The van der Waals surface area contributed by atoms with Gasteiger partial charge < -0.3 is 9.80 Å². The first kappa shape index (κ1) is 17.5. The molecule has 0 aliphatic carbocycles. The minimum Gasteiger partial charge on any atom is -0.340 e. The molecule has 1 saturated heterocycles. The summed E-state index contributed by atoms with van der Waals surface area (Å²) in [6, 6.07) is 12.6. The molecule has 4 nitrogen and oxygen atoms in total. The average molecular weight is 337 g/mol. The Morgan fingerprint density at radius 2 is 1.96 bits per heavy atom. The number of pyridine rings is 1. The molecule has 1 aromatic carbocycles. The number of nitrogens with zero attached hydrogens (tertiary/aromatic N) is 3. The normalized spacial score (nSPS) is 17.4. The number of aromatic nitrogens is 1. The van der Waals surface area contributed by atoms with Gasteiger partial charge in [-0.15, -0.1) is 0 Å². The lowest BCUT2D eigenvalue weighted by atomic mass is 9.99. The van der Waals surface area contributed by atoms with Crippen molar-refractivity contribution in [3.63, 3.8) is 0 Å². The molecular weight excluding hydrogens is 310 g/mol. The largest absolute Gasteiger partial charge is 0.340 e. The molecular formula is C21H27N3O. The van der Waals surface area contributed by atoms with E-state index in [1.54, 1.807) is 6.20 Å². The van der Waals surface area contributed by atoms with Gasteiger partial charge in [0, 0.05) is 31.0 Å². The van der Waals surface area contributed by atoms with Crippen molar-refractivity contribution in [2.75, 3.05) is 18.0 Å². The van der Waals surface area contributed by atoms with Crippen LogP contribution in [0.3, 0.4) is 0 Å². The predicted octanol–water partition coefficient (Wildman–Crippen LogP) is 4.64. The third-order valence-corrected chi connectivity index (χ3v) is 5.03. The highest BCUT2D eigenvalue weighted by molar-refractivity contribution is 5.95. The molecule has 3 rings (SSSR count). The van der Waals surface area contributed by atoms with E-state index in [0.717, 1.165) is 43.7 Å². The van der Waals surface area contributed by atoms with Crippen LogP contribution in [0.2, 0.25) is 0 Å². The summed E-state index contributed by atoms with van der Waals surface area (Å²) in [4.78, 5) is 21.6. The molecule has 25 heavy (non-hydrogen) atoms. The first-order valence-corrected chi connectivity index (χ1v) is 9.33. The molecule has 1 fully saturated rings. The fourth-order valence-corrected chi connectivity index (χ4v) is 3.67. The van der Waals surface area contributed by atoms with Gasteiger partial charge >= 0.3 is 0 Å². The van der Waals surface area contributed by atoms with E-state index in [4.69, 9.17) is 0 Å². The predicted molar refractivity (Wildman–Crippen MR) is 102 cm³/mol. The van der Waals surface area contributed by atoms with Crippen molar-refractivity contribution in [1.29, 1.82) is 0 Å². The minimum absolute atomic E-state index is 0.116. The van der Waals surface area contributed by atoms with E-state index in [1.165, 1.54) is 6.42 Å². The molecule has 0 bridgehead atoms. The summed E-state index contributed by atoms with van der Waals surface area (Å²) >= 11 is 0. The summed E-state index contributed by atoms with van der Waals surface area (Å²) in [6.45, 7) is 5.96. The topological polar surface area (TPSA) is 36.4 Å². The van der Waals surface area contributed by atoms with Crippen LogP contribution in [0, 0.1) is 0 Å². The standard InChI is InChI=1S/C21H27N3O/c1-3-18-10-8-9-13-24(18)21(25)17-14-20(16-22-15-17)23(4-2)19-11-6-5-7-12-19/h5-7,11-12,14-16,18H,3-4,8-10,13H2,1-2H3. The lowest BCUT2D eigenvalue weighted by Gasteiger charge is -2.35. The van der Waals surface area contributed by atoms with Gasteiger partial charge in [0.05, 0.1) is 17.4 Å². The molecule has 4 heteroatoms. The number of amides is 1. The van der Waals surface area contributed by atoms with E-state index in [2.05, 4.69) is 35.9 Å². The molecule has 1 amide bonds. The highest BCUT2D eigenvalue weighted by Crippen LogP contribution is 2.27. The van der Waals surface area contributed by atoms with Gasteiger partial charge in [-0.1, -0.05) is 25.1 Å². The van der Waals surface area contributed by atoms with Crippen LogP contribution >= 0.6 is 0 Å². The molecule has 0 spiro atoms. The smallest absolute Gasteiger partial charge is 0.255 e. The number of benzene rings is 1. The molecule has 1 atom stereocenters. The van der Waals surface area contributed by atoms with Crippen molar-refractivity contribution in [3.8, 4) is 0 Å². The fourth-order valence-electron chi connectivity index (χ4n) is 3.67. The second kappa shape index (κ2) is 8.15. The van der Waals surface area contributed by atoms with Crippen LogP contribution in [-0.2, 0) is 0 Å². The number of hydrogen-bond donors (Lipinski definition) is 0. The fraction of sp³-hybridized carbons (Fsp3) is 0.429. The zero-order valence-electron chi connectivity index (χ0n) is 15.2. The van der Waals surface area contributed by atoms with E-state index in [-0.39, 0.29) is 5.91 Å². The van der Waals surface area contributed by atoms with E-state index in [9.17, 15) is 4.79 Å². The Balaban J connectivity index is 1.86. The van der Waals surface area contributed by atoms with Crippen LogP contribution in [-0.4, -0.2) is 34.9 Å². The SMILES string of the molecule is CCC1CCCCN1C(=O)c1cncc(N(CC)c2ccccc2)c1. The molecule has 1 aromatic heterocycles. The molecule has 1 aliphatic rings. The highest BCUT2D eigenvalue weighted by Gasteiger charge is 2.26. The summed E-state index contributed by atoms with van der Waals surface area (Å²) in [7, 11) is 0. The van der Waals surface area contributed by atoms with Crippen LogP contribution in [0.5, 0.6) is 0 Å². The maximum atomic E-state index is 13.0. The van der Waals surface area contributed by atoms with Crippen LogP contribution in [0.1, 0.15) is 49.9 Å². The van der Waals surface area contributed by atoms with Crippen LogP contribution in [0.4, 0.5) is 11.4 Å². The third kappa shape index (κ3) is 3.84. The lowest BCUT2D eigenvalue weighted by molar-refractivity contribution is 0.0607. The Bertz CT molecular complexity index is 701. The van der Waals surface area contributed by atoms with Crippen molar-refractivity contribution >= 4 is 17.3 Å². The first-order valence-electron chi connectivity index (χ1n) is 9.33. The molecule has 132 valence electrons. The van der Waals surface area contributed by atoms with Crippen LogP contribution in [0.15, 0.2) is 48.8 Å². The zero-order chi connectivity index (χ0) is 17.6. The number of likely N-dealkylation sites (tertiary alicyclic amines) is 1. The second-order valence-electron chi connectivity index (χ2n) is 6.57. The maximum absolute atomic E-state index is 13.0. The quantitative estimate of drug-likeness (QED) is 0.797. The van der Waals surface area contributed by atoms with Crippen LogP contribution in [0.25, 0.3) is 0 Å². The number of para-hydroxylation sites is 1. The minimum atomic E-state index is 0.116. The summed E-state index contributed by atoms with van der Waals surface area (Å²) in [5.74, 6) is 0.116. The van der Waals surface area contributed by atoms with Gasteiger partial charge in [-0.2, -0.15) is 0 Å². The Hall–Kier alpha value is -2.36. The van der Waals surface area contributed by atoms with Gasteiger partial charge in [-0.25, -0.2) is 0 Å². The maximum Gasteiger partial charge on any atom is 0.255 e. The zero-order valence-corrected chi connectivity index (χ0v) is 15.2. The van der Waals surface area contributed by atoms with Crippen molar-refractivity contribution in [1.82, 2.24) is 9.88 Å².